The largest absolute Gasteiger partial charge is 0.323 e. The summed E-state index contributed by atoms with van der Waals surface area (Å²) < 4.78 is 0. The van der Waals surface area contributed by atoms with E-state index in [1.165, 1.54) is 0 Å². The summed E-state index contributed by atoms with van der Waals surface area (Å²) in [7, 11) is 0. The van der Waals surface area contributed by atoms with Crippen molar-refractivity contribution in [2.45, 2.75) is 25.3 Å². The number of nitrogens with zero attached hydrogens (tertiary/aromatic N) is 2. The van der Waals surface area contributed by atoms with E-state index in [0.717, 1.165) is 12.8 Å². The Hall–Kier alpha value is -0.750. The van der Waals surface area contributed by atoms with Gasteiger partial charge in [0.15, 0.2) is 0 Å². The molecule has 66 valence electrons. The minimum absolute atomic E-state index is 0.0305. The molecular formula is C8H11ClN2O. The fourth-order valence-electron chi connectivity index (χ4n) is 1.55. The first-order valence-electron chi connectivity index (χ1n) is 3.92. The minimum Gasteiger partial charge on any atom is -0.323 e. The maximum atomic E-state index is 11.2. The predicted molar refractivity (Wildman–Crippen MR) is 45.7 cm³/mol. The molecule has 1 amide bonds. The predicted octanol–water partition coefficient (Wildman–Crippen LogP) is 1.13. The van der Waals surface area contributed by atoms with Crippen LogP contribution in [-0.2, 0) is 4.79 Å². The Kier molecular flexibility index (Phi) is 2.58. The van der Waals surface area contributed by atoms with Gasteiger partial charge in [0.2, 0.25) is 5.91 Å². The van der Waals surface area contributed by atoms with Gasteiger partial charge in [0.05, 0.1) is 6.07 Å². The van der Waals surface area contributed by atoms with Crippen molar-refractivity contribution >= 4 is 17.5 Å². The van der Waals surface area contributed by atoms with E-state index in [1.807, 2.05) is 0 Å². The van der Waals surface area contributed by atoms with Gasteiger partial charge >= 0.3 is 0 Å². The van der Waals surface area contributed by atoms with E-state index in [-0.39, 0.29) is 11.8 Å². The number of hydrogen-bond acceptors (Lipinski definition) is 2. The normalized spacial score (nSPS) is 28.6. The first-order chi connectivity index (χ1) is 5.64. The van der Waals surface area contributed by atoms with Crippen molar-refractivity contribution in [1.29, 1.82) is 5.26 Å². The summed E-state index contributed by atoms with van der Waals surface area (Å²) in [4.78, 5) is 12.8. The van der Waals surface area contributed by atoms with Crippen molar-refractivity contribution in [2.75, 3.05) is 12.4 Å². The quantitative estimate of drug-likeness (QED) is 0.577. The van der Waals surface area contributed by atoms with E-state index in [4.69, 9.17) is 16.9 Å². The molecular weight excluding hydrogens is 176 g/mol. The highest BCUT2D eigenvalue weighted by atomic mass is 35.5. The van der Waals surface area contributed by atoms with Crippen LogP contribution in [0.4, 0.5) is 0 Å². The molecule has 0 radical (unpaired) electrons. The van der Waals surface area contributed by atoms with E-state index in [0.29, 0.717) is 6.54 Å². The number of carbonyl (C=O) groups excluding carboxylic acids is 1. The molecule has 3 nitrogen and oxygen atoms in total. The van der Waals surface area contributed by atoms with Crippen LogP contribution in [0.3, 0.4) is 0 Å². The lowest BCUT2D eigenvalue weighted by molar-refractivity contribution is -0.130. The Labute approximate surface area is 76.9 Å². The summed E-state index contributed by atoms with van der Waals surface area (Å²) in [6, 6.07) is 2.15. The maximum Gasteiger partial charge on any atom is 0.238 e. The molecule has 0 spiro atoms. The molecule has 1 atom stereocenters. The van der Waals surface area contributed by atoms with Crippen molar-refractivity contribution < 1.29 is 4.79 Å². The Morgan fingerprint density at radius 3 is 3.00 bits per heavy atom. The van der Waals surface area contributed by atoms with Crippen LogP contribution in [-0.4, -0.2) is 28.8 Å². The Balaban J connectivity index is 2.78. The number of likely N-dealkylation sites (tertiary alicyclic amines) is 1. The summed E-state index contributed by atoms with van der Waals surface area (Å²) in [6.07, 6.45) is 1.65. The molecule has 1 saturated heterocycles. The van der Waals surface area contributed by atoms with Crippen LogP contribution in [0, 0.1) is 11.3 Å². The van der Waals surface area contributed by atoms with Crippen LogP contribution in [0.15, 0.2) is 0 Å². The smallest absolute Gasteiger partial charge is 0.238 e. The third-order valence-electron chi connectivity index (χ3n) is 2.30. The molecule has 0 bridgehead atoms. The molecule has 0 saturated carbocycles. The first-order valence-corrected chi connectivity index (χ1v) is 4.45. The van der Waals surface area contributed by atoms with Gasteiger partial charge in [-0.15, -0.1) is 11.6 Å². The molecule has 1 heterocycles. The van der Waals surface area contributed by atoms with Crippen LogP contribution < -0.4 is 0 Å². The first kappa shape index (κ1) is 9.34. The second-order valence-electron chi connectivity index (χ2n) is 3.17. The molecule has 0 aromatic rings. The van der Waals surface area contributed by atoms with E-state index < -0.39 is 5.54 Å². The van der Waals surface area contributed by atoms with Crippen LogP contribution in [0.1, 0.15) is 19.8 Å². The Morgan fingerprint density at radius 1 is 1.83 bits per heavy atom. The summed E-state index contributed by atoms with van der Waals surface area (Å²) in [6.45, 7) is 2.44. The van der Waals surface area contributed by atoms with Crippen LogP contribution in [0.25, 0.3) is 0 Å². The van der Waals surface area contributed by atoms with E-state index in [9.17, 15) is 4.79 Å². The molecule has 1 unspecified atom stereocenters. The van der Waals surface area contributed by atoms with Crippen molar-refractivity contribution in [1.82, 2.24) is 4.90 Å². The summed E-state index contributed by atoms with van der Waals surface area (Å²) in [5.41, 5.74) is -0.619. The zero-order chi connectivity index (χ0) is 9.19. The number of amides is 1. The third kappa shape index (κ3) is 1.39. The summed E-state index contributed by atoms with van der Waals surface area (Å²) in [5, 5.41) is 8.85. The van der Waals surface area contributed by atoms with Gasteiger partial charge in [0, 0.05) is 6.54 Å². The van der Waals surface area contributed by atoms with Gasteiger partial charge in [0.25, 0.3) is 0 Å². The standard InChI is InChI=1S/C8H11ClN2O/c1-8(6-10)3-2-4-11(8)7(12)5-9/h2-5H2,1H3. The number of hydrogen-bond donors (Lipinski definition) is 0. The fraction of sp³-hybridized carbons (Fsp3) is 0.750. The van der Waals surface area contributed by atoms with Crippen LogP contribution in [0.5, 0.6) is 0 Å². The molecule has 0 aliphatic carbocycles. The maximum absolute atomic E-state index is 11.2. The van der Waals surface area contributed by atoms with Gasteiger partial charge in [-0.05, 0) is 19.8 Å². The minimum atomic E-state index is -0.619. The summed E-state index contributed by atoms with van der Waals surface area (Å²) in [5.74, 6) is -0.171. The van der Waals surface area contributed by atoms with Gasteiger partial charge in [-0.1, -0.05) is 0 Å². The molecule has 12 heavy (non-hydrogen) atoms. The van der Waals surface area contributed by atoms with Gasteiger partial charge in [0.1, 0.15) is 11.4 Å². The van der Waals surface area contributed by atoms with Crippen LogP contribution >= 0.6 is 11.6 Å². The number of carbonyl (C=O) groups is 1. The fourth-order valence-corrected chi connectivity index (χ4v) is 1.70. The van der Waals surface area contributed by atoms with Gasteiger partial charge in [-0.25, -0.2) is 0 Å². The Morgan fingerprint density at radius 2 is 2.50 bits per heavy atom. The number of rotatable bonds is 1. The molecule has 1 aliphatic rings. The number of halogens is 1. The summed E-state index contributed by atoms with van der Waals surface area (Å²) >= 11 is 5.42. The lowest BCUT2D eigenvalue weighted by Crippen LogP contribution is -2.44. The SMILES string of the molecule is CC1(C#N)CCCN1C(=O)CCl. The van der Waals surface area contributed by atoms with E-state index in [2.05, 4.69) is 6.07 Å². The lowest BCUT2D eigenvalue weighted by Gasteiger charge is -2.27. The highest BCUT2D eigenvalue weighted by molar-refractivity contribution is 6.27. The lowest BCUT2D eigenvalue weighted by atomic mass is 10.0. The molecule has 1 aliphatic heterocycles. The molecule has 1 fully saturated rings. The Bertz CT molecular complexity index is 236. The van der Waals surface area contributed by atoms with Crippen molar-refractivity contribution in [3.8, 4) is 6.07 Å². The highest BCUT2D eigenvalue weighted by Gasteiger charge is 2.39. The van der Waals surface area contributed by atoms with Crippen molar-refractivity contribution in [3.63, 3.8) is 0 Å². The average Bonchev–Trinajstić information content (AvgIpc) is 2.47. The second kappa shape index (κ2) is 3.32. The molecule has 1 rings (SSSR count). The van der Waals surface area contributed by atoms with Gasteiger partial charge in [-0.2, -0.15) is 5.26 Å². The van der Waals surface area contributed by atoms with Crippen LogP contribution in [0.2, 0.25) is 0 Å². The van der Waals surface area contributed by atoms with Crippen molar-refractivity contribution in [2.24, 2.45) is 0 Å². The molecule has 0 aromatic carbocycles. The second-order valence-corrected chi connectivity index (χ2v) is 3.44. The van der Waals surface area contributed by atoms with E-state index in [1.54, 1.807) is 11.8 Å². The molecule has 0 N–H and O–H groups in total. The molecule has 0 aromatic heterocycles. The zero-order valence-corrected chi connectivity index (χ0v) is 7.76. The van der Waals surface area contributed by atoms with Crippen molar-refractivity contribution in [3.05, 3.63) is 0 Å². The highest BCUT2D eigenvalue weighted by Crippen LogP contribution is 2.28. The third-order valence-corrected chi connectivity index (χ3v) is 2.53. The number of nitriles is 1. The average molecular weight is 187 g/mol. The topological polar surface area (TPSA) is 44.1 Å². The van der Waals surface area contributed by atoms with Gasteiger partial charge in [-0.3, -0.25) is 4.79 Å². The van der Waals surface area contributed by atoms with Gasteiger partial charge < -0.3 is 4.90 Å². The number of alkyl halides is 1. The zero-order valence-electron chi connectivity index (χ0n) is 7.01. The monoisotopic (exact) mass is 186 g/mol. The molecule has 4 heteroatoms. The van der Waals surface area contributed by atoms with E-state index >= 15 is 0 Å².